The average molecular weight is 267 g/mol. The van der Waals surface area contributed by atoms with Crippen molar-refractivity contribution in [2.24, 2.45) is 5.92 Å². The largest absolute Gasteiger partial charge is 0.381 e. The monoisotopic (exact) mass is 267 g/mol. The highest BCUT2D eigenvalue weighted by Gasteiger charge is 2.13. The van der Waals surface area contributed by atoms with Crippen molar-refractivity contribution in [3.05, 3.63) is 30.1 Å². The number of hydrogen-bond donors (Lipinski definition) is 0. The number of carbonyl (C=O) groups excluding carboxylic acids is 1. The molecule has 106 valence electrons. The van der Waals surface area contributed by atoms with Crippen molar-refractivity contribution in [2.45, 2.75) is 27.2 Å². The highest BCUT2D eigenvalue weighted by molar-refractivity contribution is 5.93. The second-order valence-electron chi connectivity index (χ2n) is 4.83. The predicted octanol–water partition coefficient (Wildman–Crippen LogP) is 3.24. The zero-order valence-electron chi connectivity index (χ0n) is 11.9. The molecule has 1 aromatic rings. The van der Waals surface area contributed by atoms with Crippen LogP contribution in [0, 0.1) is 11.7 Å². The molecule has 1 rings (SSSR count). The SMILES string of the molecule is CCN(C(=O)CCOCC(C)C)c1ccc(F)cc1. The second-order valence-corrected chi connectivity index (χ2v) is 4.83. The normalized spacial score (nSPS) is 10.8. The summed E-state index contributed by atoms with van der Waals surface area (Å²) in [6.45, 7) is 7.69. The third-order valence-corrected chi connectivity index (χ3v) is 2.67. The second kappa shape index (κ2) is 7.89. The van der Waals surface area contributed by atoms with Gasteiger partial charge in [0.1, 0.15) is 5.82 Å². The Morgan fingerprint density at radius 1 is 1.32 bits per heavy atom. The molecule has 0 radical (unpaired) electrons. The van der Waals surface area contributed by atoms with Gasteiger partial charge in [-0.2, -0.15) is 0 Å². The zero-order chi connectivity index (χ0) is 14.3. The smallest absolute Gasteiger partial charge is 0.229 e. The standard InChI is InChI=1S/C15H22FNO2/c1-4-17(14-7-5-13(16)6-8-14)15(18)9-10-19-11-12(2)3/h5-8,12H,4,9-11H2,1-3H3. The number of halogens is 1. The van der Waals surface area contributed by atoms with E-state index in [2.05, 4.69) is 13.8 Å². The van der Waals surface area contributed by atoms with Gasteiger partial charge < -0.3 is 9.64 Å². The molecule has 0 aliphatic carbocycles. The van der Waals surface area contributed by atoms with Crippen LogP contribution in [0.25, 0.3) is 0 Å². The fourth-order valence-electron chi connectivity index (χ4n) is 1.74. The lowest BCUT2D eigenvalue weighted by molar-refractivity contribution is -0.119. The van der Waals surface area contributed by atoms with E-state index in [9.17, 15) is 9.18 Å². The zero-order valence-corrected chi connectivity index (χ0v) is 11.9. The van der Waals surface area contributed by atoms with E-state index in [0.29, 0.717) is 32.1 Å². The van der Waals surface area contributed by atoms with Crippen LogP contribution in [0.1, 0.15) is 27.2 Å². The Balaban J connectivity index is 2.50. The van der Waals surface area contributed by atoms with Gasteiger partial charge in [-0.05, 0) is 37.1 Å². The molecule has 0 saturated carbocycles. The Hall–Kier alpha value is -1.42. The van der Waals surface area contributed by atoms with Crippen LogP contribution in [0.3, 0.4) is 0 Å². The Bertz CT molecular complexity index is 390. The first-order valence-electron chi connectivity index (χ1n) is 6.68. The summed E-state index contributed by atoms with van der Waals surface area (Å²) < 4.78 is 18.3. The van der Waals surface area contributed by atoms with Crippen molar-refractivity contribution >= 4 is 11.6 Å². The molecule has 0 aromatic heterocycles. The molecule has 0 unspecified atom stereocenters. The topological polar surface area (TPSA) is 29.5 Å². The van der Waals surface area contributed by atoms with Crippen molar-refractivity contribution in [3.63, 3.8) is 0 Å². The van der Waals surface area contributed by atoms with Crippen LogP contribution in [0.15, 0.2) is 24.3 Å². The number of hydrogen-bond acceptors (Lipinski definition) is 2. The number of anilines is 1. The molecule has 1 amide bonds. The molecule has 0 bridgehead atoms. The van der Waals surface area contributed by atoms with Crippen LogP contribution in [0.4, 0.5) is 10.1 Å². The molecular weight excluding hydrogens is 245 g/mol. The first kappa shape index (κ1) is 15.6. The first-order chi connectivity index (χ1) is 9.04. The maximum absolute atomic E-state index is 12.9. The number of nitrogens with zero attached hydrogens (tertiary/aromatic N) is 1. The van der Waals surface area contributed by atoms with Crippen molar-refractivity contribution in [1.29, 1.82) is 0 Å². The predicted molar refractivity (Wildman–Crippen MR) is 74.7 cm³/mol. The minimum absolute atomic E-state index is 0.00198. The lowest BCUT2D eigenvalue weighted by Crippen LogP contribution is -2.31. The summed E-state index contributed by atoms with van der Waals surface area (Å²) >= 11 is 0. The Morgan fingerprint density at radius 3 is 2.47 bits per heavy atom. The van der Waals surface area contributed by atoms with E-state index < -0.39 is 0 Å². The van der Waals surface area contributed by atoms with Crippen LogP contribution in [0.2, 0.25) is 0 Å². The number of carbonyl (C=O) groups is 1. The lowest BCUT2D eigenvalue weighted by Gasteiger charge is -2.21. The van der Waals surface area contributed by atoms with Crippen molar-refractivity contribution < 1.29 is 13.9 Å². The summed E-state index contributed by atoms with van der Waals surface area (Å²) in [6, 6.07) is 5.96. The highest BCUT2D eigenvalue weighted by atomic mass is 19.1. The number of amides is 1. The van der Waals surface area contributed by atoms with Gasteiger partial charge in [-0.15, -0.1) is 0 Å². The summed E-state index contributed by atoms with van der Waals surface area (Å²) in [5.74, 6) is 0.167. The van der Waals surface area contributed by atoms with Gasteiger partial charge in [-0.25, -0.2) is 4.39 Å². The Morgan fingerprint density at radius 2 is 1.95 bits per heavy atom. The van der Waals surface area contributed by atoms with Gasteiger partial charge >= 0.3 is 0 Å². The van der Waals surface area contributed by atoms with Gasteiger partial charge in [0.05, 0.1) is 13.0 Å². The molecule has 0 heterocycles. The summed E-state index contributed by atoms with van der Waals surface area (Å²) in [7, 11) is 0. The van der Waals surface area contributed by atoms with Crippen molar-refractivity contribution in [1.82, 2.24) is 0 Å². The van der Waals surface area contributed by atoms with E-state index in [4.69, 9.17) is 4.74 Å². The summed E-state index contributed by atoms with van der Waals surface area (Å²) in [6.07, 6.45) is 0.345. The Kier molecular flexibility index (Phi) is 6.50. The average Bonchev–Trinajstić information content (AvgIpc) is 2.37. The lowest BCUT2D eigenvalue weighted by atomic mass is 10.2. The van der Waals surface area contributed by atoms with Crippen LogP contribution < -0.4 is 4.90 Å². The van der Waals surface area contributed by atoms with Gasteiger partial charge in [0, 0.05) is 18.8 Å². The molecule has 0 atom stereocenters. The van der Waals surface area contributed by atoms with E-state index >= 15 is 0 Å². The highest BCUT2D eigenvalue weighted by Crippen LogP contribution is 2.15. The van der Waals surface area contributed by atoms with Gasteiger partial charge in [0.2, 0.25) is 5.91 Å². The van der Waals surface area contributed by atoms with Crippen LogP contribution in [-0.2, 0) is 9.53 Å². The molecule has 0 saturated heterocycles. The number of ether oxygens (including phenoxy) is 1. The minimum atomic E-state index is -0.299. The quantitative estimate of drug-likeness (QED) is 0.710. The molecule has 0 aliphatic heterocycles. The van der Waals surface area contributed by atoms with Gasteiger partial charge in [0.15, 0.2) is 0 Å². The summed E-state index contributed by atoms with van der Waals surface area (Å²) in [5, 5.41) is 0. The maximum atomic E-state index is 12.9. The van der Waals surface area contributed by atoms with E-state index in [1.165, 1.54) is 12.1 Å². The summed E-state index contributed by atoms with van der Waals surface area (Å²) in [4.78, 5) is 13.7. The van der Waals surface area contributed by atoms with Gasteiger partial charge in [-0.1, -0.05) is 13.8 Å². The van der Waals surface area contributed by atoms with Crippen molar-refractivity contribution in [2.75, 3.05) is 24.7 Å². The van der Waals surface area contributed by atoms with E-state index in [-0.39, 0.29) is 11.7 Å². The molecule has 0 fully saturated rings. The molecular formula is C15H22FNO2. The van der Waals surface area contributed by atoms with Crippen molar-refractivity contribution in [3.8, 4) is 0 Å². The first-order valence-corrected chi connectivity index (χ1v) is 6.68. The Labute approximate surface area is 114 Å². The van der Waals surface area contributed by atoms with Crippen LogP contribution in [0.5, 0.6) is 0 Å². The molecule has 4 heteroatoms. The molecule has 3 nitrogen and oxygen atoms in total. The van der Waals surface area contributed by atoms with E-state index in [1.807, 2.05) is 6.92 Å². The van der Waals surface area contributed by atoms with E-state index in [0.717, 1.165) is 5.69 Å². The molecule has 0 aliphatic rings. The van der Waals surface area contributed by atoms with Crippen LogP contribution in [-0.4, -0.2) is 25.7 Å². The minimum Gasteiger partial charge on any atom is -0.381 e. The van der Waals surface area contributed by atoms with E-state index in [1.54, 1.807) is 17.0 Å². The molecule has 1 aromatic carbocycles. The summed E-state index contributed by atoms with van der Waals surface area (Å²) in [5.41, 5.74) is 0.720. The fourth-order valence-corrected chi connectivity index (χ4v) is 1.74. The van der Waals surface area contributed by atoms with Crippen LogP contribution >= 0.6 is 0 Å². The maximum Gasteiger partial charge on any atom is 0.229 e. The third-order valence-electron chi connectivity index (χ3n) is 2.67. The molecule has 19 heavy (non-hydrogen) atoms. The van der Waals surface area contributed by atoms with Gasteiger partial charge in [-0.3, -0.25) is 4.79 Å². The molecule has 0 spiro atoms. The molecule has 0 N–H and O–H groups in total. The number of rotatable bonds is 7. The number of benzene rings is 1. The van der Waals surface area contributed by atoms with Gasteiger partial charge in [0.25, 0.3) is 0 Å². The third kappa shape index (κ3) is 5.39. The fraction of sp³-hybridized carbons (Fsp3) is 0.533.